The van der Waals surface area contributed by atoms with E-state index in [1.807, 2.05) is 55.5 Å². The van der Waals surface area contributed by atoms with Crippen LogP contribution in [0.15, 0.2) is 48.5 Å². The molecule has 0 radical (unpaired) electrons. The van der Waals surface area contributed by atoms with Gasteiger partial charge in [0, 0.05) is 13.6 Å². The standard InChI is InChI=1S/C19H24N2O2/c1-4-5-13-21(3)19(22)20-17-11-6-7-12-18(17)23-16-10-8-9-15(2)14-16/h6-12,14H,4-5,13H2,1-3H3,(H,20,22). The first kappa shape index (κ1) is 16.9. The SMILES string of the molecule is CCCCN(C)C(=O)Nc1ccccc1Oc1cccc(C)c1. The highest BCUT2D eigenvalue weighted by atomic mass is 16.5. The molecule has 0 saturated carbocycles. The number of nitrogens with one attached hydrogen (secondary N) is 1. The number of urea groups is 1. The summed E-state index contributed by atoms with van der Waals surface area (Å²) in [5.41, 5.74) is 1.80. The summed E-state index contributed by atoms with van der Waals surface area (Å²) in [6, 6.07) is 15.2. The van der Waals surface area contributed by atoms with Crippen molar-refractivity contribution in [2.24, 2.45) is 0 Å². The van der Waals surface area contributed by atoms with Gasteiger partial charge in [0.25, 0.3) is 0 Å². The Morgan fingerprint density at radius 3 is 2.70 bits per heavy atom. The van der Waals surface area contributed by atoms with Crippen molar-refractivity contribution in [3.63, 3.8) is 0 Å². The fourth-order valence-electron chi connectivity index (χ4n) is 2.17. The molecule has 0 fully saturated rings. The van der Waals surface area contributed by atoms with Crippen LogP contribution < -0.4 is 10.1 Å². The van der Waals surface area contributed by atoms with Crippen molar-refractivity contribution in [3.05, 3.63) is 54.1 Å². The highest BCUT2D eigenvalue weighted by Crippen LogP contribution is 2.29. The molecule has 0 heterocycles. The summed E-state index contributed by atoms with van der Waals surface area (Å²) in [5.74, 6) is 1.39. The van der Waals surface area contributed by atoms with Crippen LogP contribution in [0.1, 0.15) is 25.3 Å². The lowest BCUT2D eigenvalue weighted by Crippen LogP contribution is -2.32. The molecule has 4 nitrogen and oxygen atoms in total. The highest BCUT2D eigenvalue weighted by molar-refractivity contribution is 5.90. The first-order chi connectivity index (χ1) is 11.1. The van der Waals surface area contributed by atoms with E-state index in [-0.39, 0.29) is 6.03 Å². The number of unbranched alkanes of at least 4 members (excludes halogenated alkanes) is 1. The van der Waals surface area contributed by atoms with E-state index in [2.05, 4.69) is 12.2 Å². The second-order valence-electron chi connectivity index (χ2n) is 5.62. The zero-order chi connectivity index (χ0) is 16.7. The number of rotatable bonds is 6. The molecule has 2 amide bonds. The highest BCUT2D eigenvalue weighted by Gasteiger charge is 2.11. The van der Waals surface area contributed by atoms with E-state index >= 15 is 0 Å². The maximum atomic E-state index is 12.2. The van der Waals surface area contributed by atoms with E-state index in [0.717, 1.165) is 30.7 Å². The van der Waals surface area contributed by atoms with Crippen LogP contribution >= 0.6 is 0 Å². The first-order valence-corrected chi connectivity index (χ1v) is 7.96. The minimum atomic E-state index is -0.126. The van der Waals surface area contributed by atoms with Gasteiger partial charge in [-0.25, -0.2) is 4.79 Å². The zero-order valence-electron chi connectivity index (χ0n) is 14.0. The number of nitrogens with zero attached hydrogens (tertiary/aromatic N) is 1. The molecule has 122 valence electrons. The number of aryl methyl sites for hydroxylation is 1. The van der Waals surface area contributed by atoms with Gasteiger partial charge in [0.15, 0.2) is 5.75 Å². The fourth-order valence-corrected chi connectivity index (χ4v) is 2.17. The van der Waals surface area contributed by atoms with Crippen LogP contribution in [-0.2, 0) is 0 Å². The molecule has 2 aromatic carbocycles. The van der Waals surface area contributed by atoms with Crippen LogP contribution in [0.2, 0.25) is 0 Å². The van der Waals surface area contributed by atoms with Crippen molar-refractivity contribution in [1.29, 1.82) is 0 Å². The van der Waals surface area contributed by atoms with Gasteiger partial charge in [0.2, 0.25) is 0 Å². The normalized spacial score (nSPS) is 10.2. The van der Waals surface area contributed by atoms with Crippen LogP contribution in [0.5, 0.6) is 11.5 Å². The van der Waals surface area contributed by atoms with Gasteiger partial charge in [-0.2, -0.15) is 0 Å². The largest absolute Gasteiger partial charge is 0.455 e. The maximum Gasteiger partial charge on any atom is 0.321 e. The van der Waals surface area contributed by atoms with Gasteiger partial charge in [0.1, 0.15) is 5.75 Å². The third kappa shape index (κ3) is 5.02. The molecule has 0 saturated heterocycles. The fraction of sp³-hybridized carbons (Fsp3) is 0.316. The van der Waals surface area contributed by atoms with Gasteiger partial charge in [-0.15, -0.1) is 0 Å². The van der Waals surface area contributed by atoms with Crippen molar-refractivity contribution < 1.29 is 9.53 Å². The topological polar surface area (TPSA) is 41.6 Å². The number of hydrogen-bond donors (Lipinski definition) is 1. The molecule has 2 rings (SSSR count). The number of para-hydroxylation sites is 2. The van der Waals surface area contributed by atoms with Gasteiger partial charge >= 0.3 is 6.03 Å². The summed E-state index contributed by atoms with van der Waals surface area (Å²) in [5, 5.41) is 2.92. The van der Waals surface area contributed by atoms with Crippen molar-refractivity contribution in [2.45, 2.75) is 26.7 Å². The number of anilines is 1. The molecule has 0 aromatic heterocycles. The van der Waals surface area contributed by atoms with Crippen LogP contribution in [0.4, 0.5) is 10.5 Å². The van der Waals surface area contributed by atoms with Gasteiger partial charge < -0.3 is 15.0 Å². The average molecular weight is 312 g/mol. The maximum absolute atomic E-state index is 12.2. The van der Waals surface area contributed by atoms with Crippen LogP contribution in [-0.4, -0.2) is 24.5 Å². The van der Waals surface area contributed by atoms with Crippen molar-refractivity contribution in [1.82, 2.24) is 4.90 Å². The number of carbonyl (C=O) groups excluding carboxylic acids is 1. The molecule has 0 aliphatic heterocycles. The second kappa shape index (κ2) is 8.22. The van der Waals surface area contributed by atoms with Crippen molar-refractivity contribution in [3.8, 4) is 11.5 Å². The Morgan fingerprint density at radius 2 is 1.96 bits per heavy atom. The summed E-state index contributed by atoms with van der Waals surface area (Å²) in [6.07, 6.45) is 2.05. The van der Waals surface area contributed by atoms with E-state index in [4.69, 9.17) is 4.74 Å². The molecule has 23 heavy (non-hydrogen) atoms. The molecule has 2 aromatic rings. The quantitative estimate of drug-likeness (QED) is 0.811. The van der Waals surface area contributed by atoms with Crippen molar-refractivity contribution in [2.75, 3.05) is 18.9 Å². The average Bonchev–Trinajstić information content (AvgIpc) is 2.54. The van der Waals surface area contributed by atoms with Gasteiger partial charge in [-0.3, -0.25) is 0 Å². The van der Waals surface area contributed by atoms with E-state index in [1.54, 1.807) is 11.9 Å². The molecule has 0 aliphatic rings. The minimum absolute atomic E-state index is 0.126. The number of hydrogen-bond acceptors (Lipinski definition) is 2. The number of carbonyl (C=O) groups is 1. The molecule has 0 bridgehead atoms. The Kier molecular flexibility index (Phi) is 6.03. The number of benzene rings is 2. The Bertz CT molecular complexity index is 655. The number of amides is 2. The molecular formula is C19H24N2O2. The summed E-state index contributed by atoms with van der Waals surface area (Å²) in [4.78, 5) is 13.9. The van der Waals surface area contributed by atoms with Crippen LogP contribution in [0, 0.1) is 6.92 Å². The second-order valence-corrected chi connectivity index (χ2v) is 5.62. The Morgan fingerprint density at radius 1 is 1.17 bits per heavy atom. The molecule has 0 atom stereocenters. The summed E-state index contributed by atoms with van der Waals surface area (Å²) in [6.45, 7) is 4.86. The third-order valence-electron chi connectivity index (χ3n) is 3.54. The monoisotopic (exact) mass is 312 g/mol. The summed E-state index contributed by atoms with van der Waals surface area (Å²) < 4.78 is 5.92. The van der Waals surface area contributed by atoms with Gasteiger partial charge in [0.05, 0.1) is 5.69 Å². The van der Waals surface area contributed by atoms with E-state index in [1.165, 1.54) is 0 Å². The smallest absolute Gasteiger partial charge is 0.321 e. The molecule has 0 spiro atoms. The minimum Gasteiger partial charge on any atom is -0.455 e. The lowest BCUT2D eigenvalue weighted by Gasteiger charge is -2.19. The molecule has 4 heteroatoms. The molecule has 0 aliphatic carbocycles. The van der Waals surface area contributed by atoms with E-state index in [0.29, 0.717) is 11.4 Å². The number of ether oxygens (including phenoxy) is 1. The Balaban J connectivity index is 2.09. The van der Waals surface area contributed by atoms with Crippen molar-refractivity contribution >= 4 is 11.7 Å². The predicted molar refractivity (Wildman–Crippen MR) is 94.3 cm³/mol. The van der Waals surface area contributed by atoms with Crippen LogP contribution in [0.3, 0.4) is 0 Å². The van der Waals surface area contributed by atoms with E-state index < -0.39 is 0 Å². The lowest BCUT2D eigenvalue weighted by molar-refractivity contribution is 0.221. The molecule has 1 N–H and O–H groups in total. The summed E-state index contributed by atoms with van der Waals surface area (Å²) >= 11 is 0. The van der Waals surface area contributed by atoms with Gasteiger partial charge in [-0.1, -0.05) is 37.6 Å². The molecular weight excluding hydrogens is 288 g/mol. The predicted octanol–water partition coefficient (Wildman–Crippen LogP) is 5.05. The Labute approximate surface area is 138 Å². The van der Waals surface area contributed by atoms with E-state index in [9.17, 15) is 4.79 Å². The first-order valence-electron chi connectivity index (χ1n) is 7.96. The summed E-state index contributed by atoms with van der Waals surface area (Å²) in [7, 11) is 1.80. The third-order valence-corrected chi connectivity index (χ3v) is 3.54. The van der Waals surface area contributed by atoms with Crippen LogP contribution in [0.25, 0.3) is 0 Å². The lowest BCUT2D eigenvalue weighted by atomic mass is 10.2. The zero-order valence-corrected chi connectivity index (χ0v) is 14.0. The Hall–Kier alpha value is -2.49. The molecule has 0 unspecified atom stereocenters. The van der Waals surface area contributed by atoms with Gasteiger partial charge in [-0.05, 0) is 43.2 Å².